The molecular formula is C23H20N2O4. The zero-order valence-corrected chi connectivity index (χ0v) is 16.1. The average molecular weight is 388 g/mol. The van der Waals surface area contributed by atoms with E-state index >= 15 is 0 Å². The second-order valence-electron chi connectivity index (χ2n) is 7.12. The number of nitrogens with one attached hydrogen (secondary N) is 1. The number of para-hydroxylation sites is 2. The van der Waals surface area contributed by atoms with Crippen LogP contribution in [-0.4, -0.2) is 35.3 Å². The van der Waals surface area contributed by atoms with Crippen molar-refractivity contribution >= 4 is 34.2 Å². The molecule has 0 atom stereocenters. The van der Waals surface area contributed by atoms with Gasteiger partial charge in [-0.05, 0) is 43.5 Å². The number of hydrogen-bond donors (Lipinski definition) is 1. The third kappa shape index (κ3) is 3.45. The molecule has 0 unspecified atom stereocenters. The molecule has 1 aliphatic heterocycles. The average Bonchev–Trinajstić information content (AvgIpc) is 2.70. The van der Waals surface area contributed by atoms with Gasteiger partial charge in [0.2, 0.25) is 5.91 Å². The van der Waals surface area contributed by atoms with Crippen molar-refractivity contribution in [2.75, 3.05) is 11.9 Å². The molecule has 1 aliphatic rings. The van der Waals surface area contributed by atoms with E-state index in [1.165, 1.54) is 0 Å². The SMILES string of the molecule is CC(C)Oc1ccccc1NC(=O)CN1C(=O)c2cccc3cccc(c23)C1=O. The maximum atomic E-state index is 12.9. The fraction of sp³-hybridized carbons (Fsp3) is 0.174. The Balaban J connectivity index is 1.59. The molecule has 0 aromatic heterocycles. The molecule has 29 heavy (non-hydrogen) atoms. The molecule has 0 radical (unpaired) electrons. The molecule has 0 aliphatic carbocycles. The van der Waals surface area contributed by atoms with Crippen molar-refractivity contribution < 1.29 is 19.1 Å². The number of nitrogens with zero attached hydrogens (tertiary/aromatic N) is 1. The van der Waals surface area contributed by atoms with Crippen molar-refractivity contribution in [2.45, 2.75) is 20.0 Å². The van der Waals surface area contributed by atoms with Crippen molar-refractivity contribution in [3.8, 4) is 5.75 Å². The Kier molecular flexibility index (Phi) is 4.76. The molecule has 3 aromatic carbocycles. The lowest BCUT2D eigenvalue weighted by atomic mass is 9.94. The number of amides is 3. The summed E-state index contributed by atoms with van der Waals surface area (Å²) in [6, 6.07) is 17.7. The van der Waals surface area contributed by atoms with Crippen LogP contribution < -0.4 is 10.1 Å². The third-order valence-corrected chi connectivity index (χ3v) is 4.68. The van der Waals surface area contributed by atoms with Crippen molar-refractivity contribution in [3.05, 3.63) is 71.8 Å². The maximum Gasteiger partial charge on any atom is 0.261 e. The quantitative estimate of drug-likeness (QED) is 0.674. The maximum absolute atomic E-state index is 12.9. The number of hydrogen-bond acceptors (Lipinski definition) is 4. The van der Waals surface area contributed by atoms with Crippen molar-refractivity contribution in [1.82, 2.24) is 4.90 Å². The first-order chi connectivity index (χ1) is 14.0. The number of rotatable bonds is 5. The normalized spacial score (nSPS) is 13.1. The van der Waals surface area contributed by atoms with E-state index in [0.29, 0.717) is 28.0 Å². The highest BCUT2D eigenvalue weighted by Gasteiger charge is 2.33. The van der Waals surface area contributed by atoms with Gasteiger partial charge < -0.3 is 10.1 Å². The van der Waals surface area contributed by atoms with Crippen molar-refractivity contribution in [3.63, 3.8) is 0 Å². The Morgan fingerprint density at radius 3 is 2.17 bits per heavy atom. The van der Waals surface area contributed by atoms with Gasteiger partial charge in [-0.1, -0.05) is 36.4 Å². The van der Waals surface area contributed by atoms with Crippen LogP contribution in [0.3, 0.4) is 0 Å². The van der Waals surface area contributed by atoms with Crippen molar-refractivity contribution in [1.29, 1.82) is 0 Å². The Labute approximate surface area is 168 Å². The number of carbonyl (C=O) groups is 3. The molecular weight excluding hydrogens is 368 g/mol. The summed E-state index contributed by atoms with van der Waals surface area (Å²) in [6.07, 6.45) is -0.0599. The number of ether oxygens (including phenoxy) is 1. The predicted octanol–water partition coefficient (Wildman–Crippen LogP) is 3.86. The molecule has 3 aromatic rings. The molecule has 3 amide bonds. The lowest BCUT2D eigenvalue weighted by molar-refractivity contribution is -0.116. The first-order valence-corrected chi connectivity index (χ1v) is 9.39. The minimum atomic E-state index is -0.474. The van der Waals surface area contributed by atoms with E-state index in [-0.39, 0.29) is 12.6 Å². The summed E-state index contributed by atoms with van der Waals surface area (Å²) >= 11 is 0. The van der Waals surface area contributed by atoms with Crippen LogP contribution in [0.5, 0.6) is 5.75 Å². The lowest BCUT2D eigenvalue weighted by Crippen LogP contribution is -2.44. The minimum absolute atomic E-state index is 0.0599. The molecule has 6 heteroatoms. The molecule has 1 N–H and O–H groups in total. The van der Waals surface area contributed by atoms with E-state index in [4.69, 9.17) is 4.74 Å². The van der Waals surface area contributed by atoms with Crippen LogP contribution in [-0.2, 0) is 4.79 Å². The van der Waals surface area contributed by atoms with Crippen LogP contribution in [0.2, 0.25) is 0 Å². The topological polar surface area (TPSA) is 75.7 Å². The second kappa shape index (κ2) is 7.39. The van der Waals surface area contributed by atoms with Gasteiger partial charge in [-0.25, -0.2) is 0 Å². The Morgan fingerprint density at radius 1 is 0.931 bits per heavy atom. The Morgan fingerprint density at radius 2 is 1.55 bits per heavy atom. The highest BCUT2D eigenvalue weighted by molar-refractivity contribution is 6.26. The molecule has 0 bridgehead atoms. The number of carbonyl (C=O) groups excluding carboxylic acids is 3. The molecule has 6 nitrogen and oxygen atoms in total. The van der Waals surface area contributed by atoms with Crippen LogP contribution in [0.1, 0.15) is 34.6 Å². The van der Waals surface area contributed by atoms with Gasteiger partial charge in [0.25, 0.3) is 11.8 Å². The number of anilines is 1. The van der Waals surface area contributed by atoms with Gasteiger partial charge in [0.1, 0.15) is 12.3 Å². The van der Waals surface area contributed by atoms with Gasteiger partial charge in [0.05, 0.1) is 11.8 Å². The summed E-state index contributed by atoms with van der Waals surface area (Å²) in [5.74, 6) is -0.886. The molecule has 0 spiro atoms. The minimum Gasteiger partial charge on any atom is -0.489 e. The summed E-state index contributed by atoms with van der Waals surface area (Å²) in [5.41, 5.74) is 1.34. The fourth-order valence-corrected chi connectivity index (χ4v) is 3.48. The summed E-state index contributed by atoms with van der Waals surface area (Å²) in [5, 5.41) is 4.20. The highest BCUT2D eigenvalue weighted by atomic mass is 16.5. The van der Waals surface area contributed by atoms with Gasteiger partial charge in [-0.2, -0.15) is 0 Å². The van der Waals surface area contributed by atoms with E-state index in [1.807, 2.05) is 32.0 Å². The van der Waals surface area contributed by atoms with Gasteiger partial charge in [-0.15, -0.1) is 0 Å². The lowest BCUT2D eigenvalue weighted by Gasteiger charge is -2.26. The van der Waals surface area contributed by atoms with Crippen LogP contribution in [0, 0.1) is 0 Å². The summed E-state index contributed by atoms with van der Waals surface area (Å²) in [7, 11) is 0. The summed E-state index contributed by atoms with van der Waals surface area (Å²) in [4.78, 5) is 39.5. The number of imide groups is 1. The Hall–Kier alpha value is -3.67. The van der Waals surface area contributed by atoms with Gasteiger partial charge in [0, 0.05) is 16.5 Å². The Bertz CT molecular complexity index is 1090. The standard InChI is InChI=1S/C23H20N2O4/c1-14(2)29-19-12-4-3-11-18(19)24-20(26)13-25-22(27)16-9-5-7-15-8-6-10-17(21(15)16)23(25)28/h3-12,14H,13H2,1-2H3,(H,24,26). The highest BCUT2D eigenvalue weighted by Crippen LogP contribution is 2.30. The van der Waals surface area contributed by atoms with Crippen LogP contribution in [0.15, 0.2) is 60.7 Å². The molecule has 146 valence electrons. The summed E-state index contributed by atoms with van der Waals surface area (Å²) in [6.45, 7) is 3.40. The van der Waals surface area contributed by atoms with Crippen LogP contribution in [0.4, 0.5) is 5.69 Å². The second-order valence-corrected chi connectivity index (χ2v) is 7.12. The molecule has 0 saturated carbocycles. The van der Waals surface area contributed by atoms with E-state index in [2.05, 4.69) is 5.32 Å². The largest absolute Gasteiger partial charge is 0.489 e. The van der Waals surface area contributed by atoms with E-state index < -0.39 is 17.7 Å². The first-order valence-electron chi connectivity index (χ1n) is 9.39. The molecule has 4 rings (SSSR count). The zero-order chi connectivity index (χ0) is 20.5. The molecule has 0 fully saturated rings. The molecule has 1 heterocycles. The third-order valence-electron chi connectivity index (χ3n) is 4.68. The monoisotopic (exact) mass is 388 g/mol. The fourth-order valence-electron chi connectivity index (χ4n) is 3.48. The molecule has 0 saturated heterocycles. The van der Waals surface area contributed by atoms with Crippen molar-refractivity contribution in [2.24, 2.45) is 0 Å². The van der Waals surface area contributed by atoms with Gasteiger partial charge in [0.15, 0.2) is 0 Å². The smallest absolute Gasteiger partial charge is 0.261 e. The van der Waals surface area contributed by atoms with Crippen LogP contribution >= 0.6 is 0 Å². The van der Waals surface area contributed by atoms with E-state index in [9.17, 15) is 14.4 Å². The van der Waals surface area contributed by atoms with E-state index in [0.717, 1.165) is 10.3 Å². The number of benzene rings is 3. The van der Waals surface area contributed by atoms with Gasteiger partial charge >= 0.3 is 0 Å². The zero-order valence-electron chi connectivity index (χ0n) is 16.1. The van der Waals surface area contributed by atoms with Crippen LogP contribution in [0.25, 0.3) is 10.8 Å². The summed E-state index contributed by atoms with van der Waals surface area (Å²) < 4.78 is 5.70. The predicted molar refractivity (Wildman–Crippen MR) is 110 cm³/mol. The first kappa shape index (κ1) is 18.7. The van der Waals surface area contributed by atoms with Gasteiger partial charge in [-0.3, -0.25) is 19.3 Å². The van der Waals surface area contributed by atoms with E-state index in [1.54, 1.807) is 42.5 Å².